The van der Waals surface area contributed by atoms with Gasteiger partial charge in [-0.25, -0.2) is 4.79 Å². The first kappa shape index (κ1) is 16.8. The lowest BCUT2D eigenvalue weighted by molar-refractivity contribution is 0.0214. The van der Waals surface area contributed by atoms with Crippen molar-refractivity contribution in [3.8, 4) is 0 Å². The number of aromatic amines is 1. The monoisotopic (exact) mass is 308 g/mol. The van der Waals surface area contributed by atoms with Gasteiger partial charge in [0.05, 0.1) is 6.20 Å². The summed E-state index contributed by atoms with van der Waals surface area (Å²) in [5.41, 5.74) is 0.706. The molecule has 0 saturated carbocycles. The summed E-state index contributed by atoms with van der Waals surface area (Å²) in [6.45, 7) is 9.47. The summed E-state index contributed by atoms with van der Waals surface area (Å²) in [6.07, 6.45) is 6.58. The number of hydrogen-bond donors (Lipinski definition) is 2. The number of carbonyl (C=O) groups excluding carboxylic acids is 1. The smallest absolute Gasteiger partial charge is 0.410 e. The van der Waals surface area contributed by atoms with Gasteiger partial charge in [-0.3, -0.25) is 5.10 Å². The fourth-order valence-electron chi connectivity index (χ4n) is 2.80. The second-order valence-electron chi connectivity index (χ2n) is 7.09. The van der Waals surface area contributed by atoms with Crippen LogP contribution in [0.15, 0.2) is 12.4 Å². The van der Waals surface area contributed by atoms with Crippen molar-refractivity contribution < 1.29 is 9.53 Å². The second kappa shape index (κ2) is 7.13. The van der Waals surface area contributed by atoms with Gasteiger partial charge in [-0.15, -0.1) is 0 Å². The predicted molar refractivity (Wildman–Crippen MR) is 85.5 cm³/mol. The molecule has 22 heavy (non-hydrogen) atoms. The van der Waals surface area contributed by atoms with Gasteiger partial charge in [0.15, 0.2) is 0 Å². The summed E-state index contributed by atoms with van der Waals surface area (Å²) < 4.78 is 5.51. The Kier molecular flexibility index (Phi) is 5.45. The van der Waals surface area contributed by atoms with E-state index in [-0.39, 0.29) is 12.1 Å². The third kappa shape index (κ3) is 5.02. The molecule has 1 aliphatic rings. The number of likely N-dealkylation sites (tertiary alicyclic amines) is 1. The second-order valence-corrected chi connectivity index (χ2v) is 7.09. The molecule has 0 bridgehead atoms. The Morgan fingerprint density at radius 1 is 1.59 bits per heavy atom. The van der Waals surface area contributed by atoms with Crippen molar-refractivity contribution in [3.63, 3.8) is 0 Å². The van der Waals surface area contributed by atoms with E-state index in [0.29, 0.717) is 6.04 Å². The van der Waals surface area contributed by atoms with Gasteiger partial charge in [0.25, 0.3) is 0 Å². The van der Waals surface area contributed by atoms with Crippen LogP contribution in [0.25, 0.3) is 0 Å². The summed E-state index contributed by atoms with van der Waals surface area (Å²) in [4.78, 5) is 14.2. The van der Waals surface area contributed by atoms with Gasteiger partial charge in [0, 0.05) is 36.9 Å². The van der Waals surface area contributed by atoms with Gasteiger partial charge in [0.1, 0.15) is 5.60 Å². The van der Waals surface area contributed by atoms with Gasteiger partial charge in [0.2, 0.25) is 0 Å². The minimum atomic E-state index is -0.435. The summed E-state index contributed by atoms with van der Waals surface area (Å²) in [6, 6.07) is 0.602. The minimum absolute atomic E-state index is 0.183. The standard InChI is InChI=1S/C16H28N4O2/c1-12(17-9-13-10-18-19-11-13)8-14-6-5-7-20(14)15(21)22-16(2,3)4/h10-12,14,17H,5-9H2,1-4H3,(H,18,19). The van der Waals surface area contributed by atoms with Gasteiger partial charge < -0.3 is 15.0 Å². The minimum Gasteiger partial charge on any atom is -0.444 e. The van der Waals surface area contributed by atoms with Crippen LogP contribution in [0, 0.1) is 0 Å². The lowest BCUT2D eigenvalue weighted by Crippen LogP contribution is -2.42. The van der Waals surface area contributed by atoms with E-state index in [4.69, 9.17) is 4.74 Å². The molecule has 1 fully saturated rings. The summed E-state index contributed by atoms with van der Waals surface area (Å²) in [7, 11) is 0. The highest BCUT2D eigenvalue weighted by atomic mass is 16.6. The molecule has 0 aliphatic carbocycles. The average molecular weight is 308 g/mol. The quantitative estimate of drug-likeness (QED) is 0.877. The van der Waals surface area contributed by atoms with Crippen molar-refractivity contribution in [1.29, 1.82) is 0 Å². The third-order valence-electron chi connectivity index (χ3n) is 3.84. The van der Waals surface area contributed by atoms with Gasteiger partial charge in [-0.1, -0.05) is 0 Å². The molecule has 2 unspecified atom stereocenters. The van der Waals surface area contributed by atoms with E-state index in [2.05, 4.69) is 22.4 Å². The number of aromatic nitrogens is 2. The average Bonchev–Trinajstić information content (AvgIpc) is 3.05. The highest BCUT2D eigenvalue weighted by Crippen LogP contribution is 2.24. The van der Waals surface area contributed by atoms with Crippen LogP contribution in [0.1, 0.15) is 52.5 Å². The Hall–Kier alpha value is -1.56. The number of H-pyrrole nitrogens is 1. The van der Waals surface area contributed by atoms with Gasteiger partial charge in [-0.05, 0) is 47.0 Å². The van der Waals surface area contributed by atoms with E-state index in [1.54, 1.807) is 0 Å². The first-order valence-electron chi connectivity index (χ1n) is 8.06. The van der Waals surface area contributed by atoms with Crippen molar-refractivity contribution in [2.75, 3.05) is 6.54 Å². The lowest BCUT2D eigenvalue weighted by atomic mass is 10.1. The first-order chi connectivity index (χ1) is 10.3. The van der Waals surface area contributed by atoms with E-state index < -0.39 is 5.60 Å². The largest absolute Gasteiger partial charge is 0.444 e. The molecule has 124 valence electrons. The van der Waals surface area contributed by atoms with Crippen molar-refractivity contribution in [1.82, 2.24) is 20.4 Å². The zero-order valence-electron chi connectivity index (χ0n) is 14.1. The molecule has 1 aromatic rings. The van der Waals surface area contributed by atoms with Crippen LogP contribution >= 0.6 is 0 Å². The molecular weight excluding hydrogens is 280 g/mol. The SMILES string of the molecule is CC(CC1CCCN1C(=O)OC(C)(C)C)NCc1cn[nH]c1. The molecular formula is C16H28N4O2. The molecule has 0 spiro atoms. The molecule has 2 N–H and O–H groups in total. The Bertz CT molecular complexity index is 467. The number of nitrogens with one attached hydrogen (secondary N) is 2. The fraction of sp³-hybridized carbons (Fsp3) is 0.750. The first-order valence-corrected chi connectivity index (χ1v) is 8.06. The van der Waals surface area contributed by atoms with E-state index in [9.17, 15) is 4.79 Å². The van der Waals surface area contributed by atoms with E-state index in [0.717, 1.165) is 37.9 Å². The third-order valence-corrected chi connectivity index (χ3v) is 3.84. The van der Waals surface area contributed by atoms with Crippen LogP contribution < -0.4 is 5.32 Å². The number of carbonyl (C=O) groups is 1. The molecule has 6 heteroatoms. The molecule has 0 aromatic carbocycles. The van der Waals surface area contributed by atoms with Crippen molar-refractivity contribution in [2.45, 2.75) is 71.2 Å². The Morgan fingerprint density at radius 3 is 3.00 bits per heavy atom. The molecule has 6 nitrogen and oxygen atoms in total. The molecule has 1 amide bonds. The molecule has 1 aliphatic heterocycles. The zero-order chi connectivity index (χ0) is 16.2. The molecule has 2 rings (SSSR count). The van der Waals surface area contributed by atoms with Crippen LogP contribution in [0.2, 0.25) is 0 Å². The van der Waals surface area contributed by atoms with E-state index in [1.165, 1.54) is 0 Å². The van der Waals surface area contributed by atoms with Crippen LogP contribution in [0.5, 0.6) is 0 Å². The van der Waals surface area contributed by atoms with Crippen molar-refractivity contribution in [3.05, 3.63) is 18.0 Å². The predicted octanol–water partition coefficient (Wildman–Crippen LogP) is 2.68. The van der Waals surface area contributed by atoms with Crippen LogP contribution in [0.4, 0.5) is 4.79 Å². The van der Waals surface area contributed by atoms with Crippen LogP contribution in [-0.2, 0) is 11.3 Å². The highest BCUT2D eigenvalue weighted by molar-refractivity contribution is 5.68. The zero-order valence-corrected chi connectivity index (χ0v) is 14.1. The Morgan fingerprint density at radius 2 is 2.36 bits per heavy atom. The Labute approximate surface area is 132 Å². The molecule has 1 aromatic heterocycles. The molecule has 2 heterocycles. The Balaban J connectivity index is 1.81. The van der Waals surface area contributed by atoms with E-state index >= 15 is 0 Å². The van der Waals surface area contributed by atoms with Crippen molar-refractivity contribution in [2.24, 2.45) is 0 Å². The molecule has 1 saturated heterocycles. The summed E-state index contributed by atoms with van der Waals surface area (Å²) in [5, 5.41) is 10.2. The number of nitrogens with zero attached hydrogens (tertiary/aromatic N) is 2. The maximum atomic E-state index is 12.3. The van der Waals surface area contributed by atoms with Gasteiger partial charge in [-0.2, -0.15) is 5.10 Å². The normalized spacial score (nSPS) is 20.2. The highest BCUT2D eigenvalue weighted by Gasteiger charge is 2.32. The number of amides is 1. The van der Waals surface area contributed by atoms with Crippen LogP contribution in [0.3, 0.4) is 0 Å². The maximum absolute atomic E-state index is 12.3. The van der Waals surface area contributed by atoms with E-state index in [1.807, 2.05) is 38.1 Å². The number of ether oxygens (including phenoxy) is 1. The lowest BCUT2D eigenvalue weighted by Gasteiger charge is -2.30. The fourth-order valence-corrected chi connectivity index (χ4v) is 2.80. The van der Waals surface area contributed by atoms with Crippen LogP contribution in [-0.4, -0.2) is 45.4 Å². The molecule has 0 radical (unpaired) electrons. The molecule has 2 atom stereocenters. The summed E-state index contributed by atoms with van der Waals surface area (Å²) >= 11 is 0. The maximum Gasteiger partial charge on any atom is 0.410 e. The number of hydrogen-bond acceptors (Lipinski definition) is 4. The van der Waals surface area contributed by atoms with Gasteiger partial charge >= 0.3 is 6.09 Å². The number of rotatable bonds is 5. The topological polar surface area (TPSA) is 70.2 Å². The van der Waals surface area contributed by atoms with Crippen molar-refractivity contribution >= 4 is 6.09 Å². The summed E-state index contributed by atoms with van der Waals surface area (Å²) in [5.74, 6) is 0.